The number of rotatable bonds is 3. The van der Waals surface area contributed by atoms with Crippen LogP contribution in [0.25, 0.3) is 0 Å². The molecule has 0 spiro atoms. The highest BCUT2D eigenvalue weighted by atomic mass is 16.6. The largest absolute Gasteiger partial charge is 0.481 e. The number of nitrogens with one attached hydrogen (secondary N) is 1. The number of carbonyl (C=O) groups is 1. The van der Waals surface area contributed by atoms with Crippen LogP contribution in [-0.2, 0) is 4.74 Å². The lowest BCUT2D eigenvalue weighted by Gasteiger charge is -2.39. The Morgan fingerprint density at radius 3 is 2.50 bits per heavy atom. The van der Waals surface area contributed by atoms with Crippen LogP contribution in [0.5, 0.6) is 5.88 Å². The Bertz CT molecular complexity index is 588. The number of fused-ring (bicyclic) bond motifs is 2. The van der Waals surface area contributed by atoms with Crippen molar-refractivity contribution in [2.24, 2.45) is 11.8 Å². The number of anilines is 1. The third kappa shape index (κ3) is 3.71. The van der Waals surface area contributed by atoms with Gasteiger partial charge in [-0.25, -0.2) is 14.8 Å². The summed E-state index contributed by atoms with van der Waals surface area (Å²) >= 11 is 0. The molecule has 0 radical (unpaired) electrons. The average molecular weight is 334 g/mol. The van der Waals surface area contributed by atoms with Crippen molar-refractivity contribution in [1.82, 2.24) is 15.3 Å². The molecule has 132 valence electrons. The number of hydrogen-bond acceptors (Lipinski definition) is 6. The van der Waals surface area contributed by atoms with Gasteiger partial charge in [0.15, 0.2) is 0 Å². The van der Waals surface area contributed by atoms with Crippen LogP contribution in [-0.4, -0.2) is 47.9 Å². The quantitative estimate of drug-likeness (QED) is 0.913. The highest BCUT2D eigenvalue weighted by Crippen LogP contribution is 2.38. The van der Waals surface area contributed by atoms with Crippen LogP contribution in [0.4, 0.5) is 10.6 Å². The third-order valence-corrected chi connectivity index (χ3v) is 4.68. The van der Waals surface area contributed by atoms with Crippen molar-refractivity contribution in [3.63, 3.8) is 0 Å². The molecule has 1 amide bonds. The van der Waals surface area contributed by atoms with E-state index in [0.29, 0.717) is 17.7 Å². The molecule has 1 aliphatic carbocycles. The summed E-state index contributed by atoms with van der Waals surface area (Å²) in [4.78, 5) is 22.8. The number of alkyl carbamates (subject to hydrolysis) is 1. The van der Waals surface area contributed by atoms with E-state index in [1.54, 1.807) is 7.11 Å². The molecule has 1 aliphatic heterocycles. The second kappa shape index (κ2) is 6.45. The zero-order valence-corrected chi connectivity index (χ0v) is 14.8. The number of methoxy groups -OCH3 is 1. The van der Waals surface area contributed by atoms with E-state index >= 15 is 0 Å². The van der Waals surface area contributed by atoms with Gasteiger partial charge in [-0.2, -0.15) is 0 Å². The van der Waals surface area contributed by atoms with Crippen molar-refractivity contribution in [1.29, 1.82) is 0 Å². The normalized spacial score (nSPS) is 26.2. The van der Waals surface area contributed by atoms with E-state index in [1.165, 1.54) is 6.33 Å². The predicted octanol–water partition coefficient (Wildman–Crippen LogP) is 2.22. The second-order valence-corrected chi connectivity index (χ2v) is 7.59. The monoisotopic (exact) mass is 334 g/mol. The zero-order valence-electron chi connectivity index (χ0n) is 14.8. The van der Waals surface area contributed by atoms with Crippen LogP contribution < -0.4 is 15.0 Å². The fraction of sp³-hybridized carbons (Fsp3) is 0.706. The lowest BCUT2D eigenvalue weighted by molar-refractivity contribution is 0.0472. The number of ether oxygens (including phenoxy) is 2. The van der Waals surface area contributed by atoms with Gasteiger partial charge in [0.25, 0.3) is 0 Å². The van der Waals surface area contributed by atoms with Crippen LogP contribution in [0.2, 0.25) is 0 Å². The lowest BCUT2D eigenvalue weighted by Crippen LogP contribution is -2.53. The van der Waals surface area contributed by atoms with Gasteiger partial charge >= 0.3 is 6.09 Å². The van der Waals surface area contributed by atoms with E-state index in [0.717, 1.165) is 31.7 Å². The Morgan fingerprint density at radius 2 is 1.92 bits per heavy atom. The molecule has 1 saturated carbocycles. The summed E-state index contributed by atoms with van der Waals surface area (Å²) < 4.78 is 10.6. The summed E-state index contributed by atoms with van der Waals surface area (Å²) in [5, 5.41) is 3.09. The zero-order chi connectivity index (χ0) is 17.3. The van der Waals surface area contributed by atoms with Crippen molar-refractivity contribution in [2.75, 3.05) is 25.1 Å². The molecule has 1 N–H and O–H groups in total. The first-order valence-corrected chi connectivity index (χ1v) is 8.46. The van der Waals surface area contributed by atoms with Gasteiger partial charge in [0.1, 0.15) is 17.7 Å². The maximum atomic E-state index is 12.1. The van der Waals surface area contributed by atoms with E-state index < -0.39 is 5.60 Å². The molecule has 2 fully saturated rings. The van der Waals surface area contributed by atoms with Gasteiger partial charge in [0, 0.05) is 25.2 Å². The molecule has 1 saturated heterocycles. The summed E-state index contributed by atoms with van der Waals surface area (Å²) in [7, 11) is 1.60. The first-order valence-electron chi connectivity index (χ1n) is 8.46. The highest BCUT2D eigenvalue weighted by molar-refractivity contribution is 5.68. The van der Waals surface area contributed by atoms with Crippen molar-refractivity contribution in [2.45, 2.75) is 45.3 Å². The molecule has 0 aromatic carbocycles. The first-order chi connectivity index (χ1) is 11.4. The standard InChI is InChI=1S/C17H26N4O3/c1-17(2,3)24-16(22)20-15-11-5-6-12(15)9-21(8-11)13-7-14(23-4)19-10-18-13/h7,10-12,15H,5-6,8-9H2,1-4H3,(H,20,22)/t11-,12-/m1/s1. The molecule has 2 heterocycles. The molecule has 2 bridgehead atoms. The van der Waals surface area contributed by atoms with Crippen LogP contribution in [0.3, 0.4) is 0 Å². The molecule has 3 rings (SSSR count). The number of aromatic nitrogens is 2. The fourth-order valence-corrected chi connectivity index (χ4v) is 3.70. The molecule has 1 aromatic rings. The summed E-state index contributed by atoms with van der Waals surface area (Å²) in [6.45, 7) is 7.39. The Kier molecular flexibility index (Phi) is 4.51. The third-order valence-electron chi connectivity index (χ3n) is 4.68. The number of amides is 1. The molecular weight excluding hydrogens is 308 g/mol. The fourth-order valence-electron chi connectivity index (χ4n) is 3.70. The van der Waals surface area contributed by atoms with Crippen molar-refractivity contribution in [3.05, 3.63) is 12.4 Å². The van der Waals surface area contributed by atoms with E-state index in [-0.39, 0.29) is 12.1 Å². The van der Waals surface area contributed by atoms with Gasteiger partial charge in [0.2, 0.25) is 5.88 Å². The summed E-state index contributed by atoms with van der Waals surface area (Å²) in [6, 6.07) is 2.04. The van der Waals surface area contributed by atoms with E-state index in [9.17, 15) is 4.79 Å². The Hall–Kier alpha value is -2.05. The van der Waals surface area contributed by atoms with E-state index in [1.807, 2.05) is 26.8 Å². The number of carbonyl (C=O) groups excluding carboxylic acids is 1. The Labute approximate surface area is 142 Å². The van der Waals surface area contributed by atoms with Crippen molar-refractivity contribution < 1.29 is 14.3 Å². The number of nitrogens with zero attached hydrogens (tertiary/aromatic N) is 3. The smallest absolute Gasteiger partial charge is 0.407 e. The molecule has 7 nitrogen and oxygen atoms in total. The summed E-state index contributed by atoms with van der Waals surface area (Å²) in [6.07, 6.45) is 3.44. The molecule has 24 heavy (non-hydrogen) atoms. The molecule has 2 aliphatic rings. The van der Waals surface area contributed by atoms with Crippen LogP contribution in [0.15, 0.2) is 12.4 Å². The van der Waals surface area contributed by atoms with Crippen molar-refractivity contribution >= 4 is 11.9 Å². The Balaban J connectivity index is 1.65. The average Bonchev–Trinajstić information content (AvgIpc) is 2.75. The highest BCUT2D eigenvalue weighted by Gasteiger charge is 2.43. The topological polar surface area (TPSA) is 76.6 Å². The van der Waals surface area contributed by atoms with Gasteiger partial charge in [-0.05, 0) is 45.4 Å². The molecular formula is C17H26N4O3. The van der Waals surface area contributed by atoms with Crippen LogP contribution in [0, 0.1) is 11.8 Å². The maximum Gasteiger partial charge on any atom is 0.407 e. The molecule has 7 heteroatoms. The molecule has 0 unspecified atom stereocenters. The van der Waals surface area contributed by atoms with Gasteiger partial charge in [-0.1, -0.05) is 0 Å². The molecule has 1 aromatic heterocycles. The Morgan fingerprint density at radius 1 is 1.25 bits per heavy atom. The first kappa shape index (κ1) is 16.8. The van der Waals surface area contributed by atoms with Gasteiger partial charge < -0.3 is 19.7 Å². The van der Waals surface area contributed by atoms with Crippen LogP contribution in [0.1, 0.15) is 33.6 Å². The van der Waals surface area contributed by atoms with E-state index in [2.05, 4.69) is 20.2 Å². The summed E-state index contributed by atoms with van der Waals surface area (Å²) in [5.41, 5.74) is -0.471. The van der Waals surface area contributed by atoms with Crippen molar-refractivity contribution in [3.8, 4) is 5.88 Å². The molecule has 2 atom stereocenters. The van der Waals surface area contributed by atoms with Gasteiger partial charge in [0.05, 0.1) is 7.11 Å². The lowest BCUT2D eigenvalue weighted by atomic mass is 9.92. The second-order valence-electron chi connectivity index (χ2n) is 7.59. The minimum atomic E-state index is -0.471. The van der Waals surface area contributed by atoms with E-state index in [4.69, 9.17) is 9.47 Å². The summed E-state index contributed by atoms with van der Waals surface area (Å²) in [5.74, 6) is 2.28. The van der Waals surface area contributed by atoms with Gasteiger partial charge in [-0.15, -0.1) is 0 Å². The minimum Gasteiger partial charge on any atom is -0.481 e. The van der Waals surface area contributed by atoms with Crippen LogP contribution >= 0.6 is 0 Å². The predicted molar refractivity (Wildman–Crippen MR) is 90.2 cm³/mol. The number of hydrogen-bond donors (Lipinski definition) is 1. The van der Waals surface area contributed by atoms with Gasteiger partial charge in [-0.3, -0.25) is 0 Å². The maximum absolute atomic E-state index is 12.1. The minimum absolute atomic E-state index is 0.180. The number of piperidine rings is 1. The SMILES string of the molecule is COc1cc(N2C[C@H]3CC[C@H](C2)C3NC(=O)OC(C)(C)C)ncn1.